The average molecular weight is 338 g/mol. The van der Waals surface area contributed by atoms with Crippen molar-refractivity contribution in [1.82, 2.24) is 4.90 Å². The minimum Gasteiger partial charge on any atom is -0.369 e. The van der Waals surface area contributed by atoms with Crippen LogP contribution in [0.5, 0.6) is 0 Å². The molecule has 1 aromatic rings. The molecule has 23 heavy (non-hydrogen) atoms. The first-order valence-corrected chi connectivity index (χ1v) is 8.81. The molecule has 2 amide bonds. The van der Waals surface area contributed by atoms with Crippen LogP contribution in [-0.4, -0.2) is 35.1 Å². The van der Waals surface area contributed by atoms with Gasteiger partial charge in [0.1, 0.15) is 5.82 Å². The van der Waals surface area contributed by atoms with Crippen molar-refractivity contribution in [1.29, 1.82) is 0 Å². The van der Waals surface area contributed by atoms with E-state index in [1.165, 1.54) is 12.1 Å². The maximum atomic E-state index is 13.0. The van der Waals surface area contributed by atoms with Crippen LogP contribution in [0, 0.1) is 11.7 Å². The quantitative estimate of drug-likeness (QED) is 0.898. The smallest absolute Gasteiger partial charge is 0.235 e. The van der Waals surface area contributed by atoms with Gasteiger partial charge in [-0.3, -0.25) is 9.59 Å². The molecule has 4 nitrogen and oxygen atoms in total. The maximum absolute atomic E-state index is 13.0. The molecule has 0 spiro atoms. The lowest BCUT2D eigenvalue weighted by molar-refractivity contribution is -0.134. The van der Waals surface area contributed by atoms with E-state index >= 15 is 0 Å². The van der Waals surface area contributed by atoms with Crippen molar-refractivity contribution in [3.05, 3.63) is 35.6 Å². The Labute approximate surface area is 140 Å². The predicted molar refractivity (Wildman–Crippen MR) is 90.4 cm³/mol. The fourth-order valence-electron chi connectivity index (χ4n) is 2.82. The first-order valence-electron chi connectivity index (χ1n) is 7.87. The Kier molecular flexibility index (Phi) is 6.04. The van der Waals surface area contributed by atoms with E-state index in [1.807, 2.05) is 18.7 Å². The molecule has 0 aromatic heterocycles. The SMILES string of the molecule is CC(SC(C)c1ccc(F)cc1)C(=O)N1CCC(C(N)=O)CC1. The third kappa shape index (κ3) is 4.70. The summed E-state index contributed by atoms with van der Waals surface area (Å²) in [6.07, 6.45) is 1.29. The van der Waals surface area contributed by atoms with Gasteiger partial charge in [0, 0.05) is 24.3 Å². The zero-order chi connectivity index (χ0) is 17.0. The van der Waals surface area contributed by atoms with Gasteiger partial charge in [-0.15, -0.1) is 11.8 Å². The molecule has 0 aliphatic carbocycles. The normalized spacial score (nSPS) is 18.5. The first kappa shape index (κ1) is 17.8. The summed E-state index contributed by atoms with van der Waals surface area (Å²) in [5.41, 5.74) is 6.32. The Morgan fingerprint density at radius 1 is 1.22 bits per heavy atom. The van der Waals surface area contributed by atoms with Gasteiger partial charge in [-0.05, 0) is 44.4 Å². The second-order valence-electron chi connectivity index (χ2n) is 5.97. The highest BCUT2D eigenvalue weighted by Crippen LogP contribution is 2.33. The van der Waals surface area contributed by atoms with Crippen LogP contribution in [0.25, 0.3) is 0 Å². The number of amides is 2. The summed E-state index contributed by atoms with van der Waals surface area (Å²) >= 11 is 1.56. The number of halogens is 1. The Balaban J connectivity index is 1.87. The standard InChI is InChI=1S/C17H23FN2O2S/c1-11(13-3-5-15(18)6-4-13)23-12(2)17(22)20-9-7-14(8-10-20)16(19)21/h3-6,11-12,14H,7-10H2,1-2H3,(H2,19,21). The summed E-state index contributed by atoms with van der Waals surface area (Å²) in [6, 6.07) is 6.38. The molecule has 0 bridgehead atoms. The number of piperidine rings is 1. The third-order valence-corrected chi connectivity index (χ3v) is 5.59. The number of hydrogen-bond donors (Lipinski definition) is 1. The Morgan fingerprint density at radius 3 is 2.30 bits per heavy atom. The van der Waals surface area contributed by atoms with E-state index in [9.17, 15) is 14.0 Å². The van der Waals surface area contributed by atoms with Crippen LogP contribution in [0.2, 0.25) is 0 Å². The summed E-state index contributed by atoms with van der Waals surface area (Å²) < 4.78 is 13.0. The highest BCUT2D eigenvalue weighted by Gasteiger charge is 2.29. The van der Waals surface area contributed by atoms with Crippen LogP contribution in [0.15, 0.2) is 24.3 Å². The van der Waals surface area contributed by atoms with Crippen molar-refractivity contribution in [3.8, 4) is 0 Å². The summed E-state index contributed by atoms with van der Waals surface area (Å²) in [7, 11) is 0. The van der Waals surface area contributed by atoms with Crippen LogP contribution >= 0.6 is 11.8 Å². The number of benzene rings is 1. The average Bonchev–Trinajstić information content (AvgIpc) is 2.54. The van der Waals surface area contributed by atoms with Crippen LogP contribution < -0.4 is 5.73 Å². The van der Waals surface area contributed by atoms with E-state index in [1.54, 1.807) is 23.9 Å². The Morgan fingerprint density at radius 2 is 1.78 bits per heavy atom. The van der Waals surface area contributed by atoms with E-state index in [0.717, 1.165) is 5.56 Å². The number of thioether (sulfide) groups is 1. The van der Waals surface area contributed by atoms with Crippen molar-refractivity contribution in [2.24, 2.45) is 11.7 Å². The lowest BCUT2D eigenvalue weighted by Crippen LogP contribution is -2.44. The molecule has 1 aromatic carbocycles. The lowest BCUT2D eigenvalue weighted by Gasteiger charge is -2.32. The molecule has 126 valence electrons. The van der Waals surface area contributed by atoms with Gasteiger partial charge in [0.25, 0.3) is 0 Å². The number of rotatable bonds is 5. The lowest BCUT2D eigenvalue weighted by atomic mass is 9.96. The maximum Gasteiger partial charge on any atom is 0.235 e. The van der Waals surface area contributed by atoms with E-state index in [4.69, 9.17) is 5.73 Å². The number of nitrogens with zero attached hydrogens (tertiary/aromatic N) is 1. The molecule has 0 radical (unpaired) electrons. The minimum atomic E-state index is -0.274. The highest BCUT2D eigenvalue weighted by atomic mass is 32.2. The van der Waals surface area contributed by atoms with Crippen molar-refractivity contribution >= 4 is 23.6 Å². The zero-order valence-corrected chi connectivity index (χ0v) is 14.3. The predicted octanol–water partition coefficient (Wildman–Crippen LogP) is 2.73. The second kappa shape index (κ2) is 7.81. The highest BCUT2D eigenvalue weighted by molar-refractivity contribution is 8.00. The van der Waals surface area contributed by atoms with Crippen molar-refractivity contribution in [3.63, 3.8) is 0 Å². The first-order chi connectivity index (χ1) is 10.9. The molecule has 0 saturated carbocycles. The van der Waals surface area contributed by atoms with Crippen molar-refractivity contribution < 1.29 is 14.0 Å². The fourth-order valence-corrected chi connectivity index (χ4v) is 4.01. The topological polar surface area (TPSA) is 63.4 Å². The molecule has 1 aliphatic rings. The molecule has 1 heterocycles. The molecule has 1 fully saturated rings. The monoisotopic (exact) mass is 338 g/mol. The van der Waals surface area contributed by atoms with Crippen LogP contribution in [0.4, 0.5) is 4.39 Å². The molecule has 2 N–H and O–H groups in total. The molecule has 1 aliphatic heterocycles. The molecular weight excluding hydrogens is 315 g/mol. The Hall–Kier alpha value is -1.56. The van der Waals surface area contributed by atoms with E-state index in [2.05, 4.69) is 0 Å². The molecular formula is C17H23FN2O2S. The number of nitrogens with two attached hydrogens (primary N) is 1. The molecule has 1 saturated heterocycles. The molecule has 2 atom stereocenters. The fraction of sp³-hybridized carbons (Fsp3) is 0.529. The summed E-state index contributed by atoms with van der Waals surface area (Å²) in [5, 5.41) is -0.0714. The van der Waals surface area contributed by atoms with Crippen LogP contribution in [0.1, 0.15) is 37.5 Å². The minimum absolute atomic E-state index is 0.0897. The molecule has 6 heteroatoms. The van der Waals surface area contributed by atoms with Gasteiger partial charge in [0.05, 0.1) is 5.25 Å². The van der Waals surface area contributed by atoms with Gasteiger partial charge in [-0.25, -0.2) is 4.39 Å². The zero-order valence-electron chi connectivity index (χ0n) is 13.5. The van der Waals surface area contributed by atoms with Crippen molar-refractivity contribution in [2.45, 2.75) is 37.2 Å². The van der Waals surface area contributed by atoms with Gasteiger partial charge < -0.3 is 10.6 Å². The Bertz CT molecular complexity index is 556. The van der Waals surface area contributed by atoms with E-state index < -0.39 is 0 Å². The van der Waals surface area contributed by atoms with Crippen LogP contribution in [0.3, 0.4) is 0 Å². The number of carbonyl (C=O) groups is 2. The number of carbonyl (C=O) groups excluding carboxylic acids is 2. The van der Waals surface area contributed by atoms with Gasteiger partial charge in [-0.2, -0.15) is 0 Å². The summed E-state index contributed by atoms with van der Waals surface area (Å²) in [5.74, 6) is -0.552. The summed E-state index contributed by atoms with van der Waals surface area (Å²) in [6.45, 7) is 5.08. The molecule has 2 unspecified atom stereocenters. The van der Waals surface area contributed by atoms with Gasteiger partial charge in [-0.1, -0.05) is 12.1 Å². The number of primary amides is 1. The van der Waals surface area contributed by atoms with E-state index in [-0.39, 0.29) is 34.0 Å². The van der Waals surface area contributed by atoms with Gasteiger partial charge >= 0.3 is 0 Å². The van der Waals surface area contributed by atoms with Crippen molar-refractivity contribution in [2.75, 3.05) is 13.1 Å². The van der Waals surface area contributed by atoms with Crippen LogP contribution in [-0.2, 0) is 9.59 Å². The summed E-state index contributed by atoms with van der Waals surface area (Å²) in [4.78, 5) is 25.5. The van der Waals surface area contributed by atoms with E-state index in [0.29, 0.717) is 25.9 Å². The largest absolute Gasteiger partial charge is 0.369 e. The number of likely N-dealkylation sites (tertiary alicyclic amines) is 1. The van der Waals surface area contributed by atoms with Gasteiger partial charge in [0.15, 0.2) is 0 Å². The second-order valence-corrected chi connectivity index (χ2v) is 7.66. The number of hydrogen-bond acceptors (Lipinski definition) is 3. The third-order valence-electron chi connectivity index (χ3n) is 4.30. The molecule has 2 rings (SSSR count). The van der Waals surface area contributed by atoms with Gasteiger partial charge in [0.2, 0.25) is 11.8 Å².